The van der Waals surface area contributed by atoms with E-state index < -0.39 is 11.7 Å². The van der Waals surface area contributed by atoms with Crippen molar-refractivity contribution in [2.75, 3.05) is 6.54 Å². The van der Waals surface area contributed by atoms with Gasteiger partial charge in [-0.2, -0.15) is 0 Å². The van der Waals surface area contributed by atoms with Crippen LogP contribution in [0.15, 0.2) is 42.6 Å². The van der Waals surface area contributed by atoms with Crippen molar-refractivity contribution in [2.45, 2.75) is 45.9 Å². The summed E-state index contributed by atoms with van der Waals surface area (Å²) in [7, 11) is 0. The largest absolute Gasteiger partial charge is 0.444 e. The second-order valence-corrected chi connectivity index (χ2v) is 7.65. The molecule has 1 N–H and O–H groups in total. The zero-order valence-corrected chi connectivity index (χ0v) is 16.0. The van der Waals surface area contributed by atoms with Crippen molar-refractivity contribution in [3.63, 3.8) is 0 Å². The molecule has 0 fully saturated rings. The summed E-state index contributed by atoms with van der Waals surface area (Å²) in [6, 6.07) is 11.4. The Morgan fingerprint density at radius 1 is 1.15 bits per heavy atom. The summed E-state index contributed by atoms with van der Waals surface area (Å²) >= 11 is 0. The number of hydrogen-bond donors (Lipinski definition) is 1. The maximum Gasteiger partial charge on any atom is 0.407 e. The van der Waals surface area contributed by atoms with Crippen LogP contribution in [0.5, 0.6) is 0 Å². The van der Waals surface area contributed by atoms with E-state index >= 15 is 0 Å². The quantitative estimate of drug-likeness (QED) is 0.900. The van der Waals surface area contributed by atoms with Gasteiger partial charge in [-0.1, -0.05) is 18.2 Å². The molecule has 0 saturated heterocycles. The van der Waals surface area contributed by atoms with Crippen molar-refractivity contribution >= 4 is 12.0 Å². The number of benzene rings is 1. The number of pyridine rings is 1. The minimum atomic E-state index is -0.503. The molecule has 6 nitrogen and oxygen atoms in total. The number of aromatic nitrogens is 1. The lowest BCUT2D eigenvalue weighted by Gasteiger charge is -2.19. The maximum atomic E-state index is 12.7. The van der Waals surface area contributed by atoms with E-state index in [9.17, 15) is 9.59 Å². The standard InChI is InChI=1S/C21H25N3O3/c1-21(2,3)27-20(26)23-12-10-15-6-8-16(9-7-15)19(25)24-13-17-5-4-11-22-18(17)14-24/h4-9,11H,10,12-14H2,1-3H3,(H,23,26). The fourth-order valence-corrected chi connectivity index (χ4v) is 2.96. The van der Waals surface area contributed by atoms with Gasteiger partial charge in [-0.05, 0) is 56.5 Å². The van der Waals surface area contributed by atoms with Crippen LogP contribution in [0.1, 0.15) is 48.0 Å². The van der Waals surface area contributed by atoms with E-state index in [0.717, 1.165) is 16.8 Å². The number of alkyl carbamates (subject to hydrolysis) is 1. The summed E-state index contributed by atoms with van der Waals surface area (Å²) in [6.45, 7) is 7.13. The van der Waals surface area contributed by atoms with Crippen LogP contribution in [0, 0.1) is 0 Å². The molecule has 1 aliphatic heterocycles. The lowest BCUT2D eigenvalue weighted by molar-refractivity contribution is 0.0528. The average Bonchev–Trinajstić information content (AvgIpc) is 3.04. The topological polar surface area (TPSA) is 71.5 Å². The molecule has 1 aliphatic rings. The molecule has 142 valence electrons. The van der Waals surface area contributed by atoms with E-state index in [1.54, 1.807) is 11.1 Å². The lowest BCUT2D eigenvalue weighted by atomic mass is 10.1. The summed E-state index contributed by atoms with van der Waals surface area (Å²) < 4.78 is 5.20. The summed E-state index contributed by atoms with van der Waals surface area (Å²) in [5, 5.41) is 2.74. The summed E-state index contributed by atoms with van der Waals surface area (Å²) in [5.41, 5.74) is 3.28. The van der Waals surface area contributed by atoms with Crippen LogP contribution in [-0.2, 0) is 24.2 Å². The SMILES string of the molecule is CC(C)(C)OC(=O)NCCc1ccc(C(=O)N2Cc3cccnc3C2)cc1. The first-order valence-electron chi connectivity index (χ1n) is 9.10. The number of carbonyl (C=O) groups excluding carboxylic acids is 2. The Morgan fingerprint density at radius 2 is 1.89 bits per heavy atom. The smallest absolute Gasteiger partial charge is 0.407 e. The molecule has 6 heteroatoms. The minimum absolute atomic E-state index is 0.00595. The van der Waals surface area contributed by atoms with Crippen LogP contribution < -0.4 is 5.32 Å². The molecule has 2 heterocycles. The number of amides is 2. The Labute approximate surface area is 159 Å². The summed E-state index contributed by atoms with van der Waals surface area (Å²) in [4.78, 5) is 30.5. The molecule has 1 aromatic heterocycles. The van der Waals surface area contributed by atoms with Gasteiger partial charge >= 0.3 is 6.09 Å². The molecule has 0 saturated carbocycles. The fraction of sp³-hybridized carbons (Fsp3) is 0.381. The van der Waals surface area contributed by atoms with Crippen molar-refractivity contribution < 1.29 is 14.3 Å². The third-order valence-corrected chi connectivity index (χ3v) is 4.26. The van der Waals surface area contributed by atoms with Gasteiger partial charge in [0.15, 0.2) is 0 Å². The predicted molar refractivity (Wildman–Crippen MR) is 102 cm³/mol. The molecule has 3 rings (SSSR count). The number of rotatable bonds is 4. The number of ether oxygens (including phenoxy) is 1. The number of carbonyl (C=O) groups is 2. The normalized spacial score (nSPS) is 13.2. The van der Waals surface area contributed by atoms with Gasteiger partial charge in [-0.15, -0.1) is 0 Å². The zero-order chi connectivity index (χ0) is 19.4. The highest BCUT2D eigenvalue weighted by Crippen LogP contribution is 2.22. The van der Waals surface area contributed by atoms with Crippen molar-refractivity contribution in [1.82, 2.24) is 15.2 Å². The number of nitrogens with one attached hydrogen (secondary N) is 1. The molecular weight excluding hydrogens is 342 g/mol. The molecule has 27 heavy (non-hydrogen) atoms. The monoisotopic (exact) mass is 367 g/mol. The van der Waals surface area contributed by atoms with Crippen LogP contribution >= 0.6 is 0 Å². The van der Waals surface area contributed by atoms with Crippen molar-refractivity contribution in [3.8, 4) is 0 Å². The first kappa shape index (κ1) is 18.9. The van der Waals surface area contributed by atoms with E-state index in [2.05, 4.69) is 10.3 Å². The molecule has 1 aromatic carbocycles. The second-order valence-electron chi connectivity index (χ2n) is 7.65. The number of hydrogen-bond acceptors (Lipinski definition) is 4. The minimum Gasteiger partial charge on any atom is -0.444 e. The summed E-state index contributed by atoms with van der Waals surface area (Å²) in [6.07, 6.45) is 2.01. The number of nitrogens with zero attached hydrogens (tertiary/aromatic N) is 2. The van der Waals surface area contributed by atoms with Gasteiger partial charge in [0.2, 0.25) is 0 Å². The average molecular weight is 367 g/mol. The molecule has 2 aromatic rings. The maximum absolute atomic E-state index is 12.7. The highest BCUT2D eigenvalue weighted by atomic mass is 16.6. The van der Waals surface area contributed by atoms with E-state index in [1.807, 2.05) is 57.2 Å². The van der Waals surface area contributed by atoms with Gasteiger partial charge in [-0.25, -0.2) is 4.79 Å². The predicted octanol–water partition coefficient (Wildman–Crippen LogP) is 3.30. The van der Waals surface area contributed by atoms with Crippen molar-refractivity contribution in [2.24, 2.45) is 0 Å². The van der Waals surface area contributed by atoms with Crippen molar-refractivity contribution in [3.05, 3.63) is 65.0 Å². The lowest BCUT2D eigenvalue weighted by Crippen LogP contribution is -2.33. The van der Waals surface area contributed by atoms with Gasteiger partial charge in [0.25, 0.3) is 5.91 Å². The zero-order valence-electron chi connectivity index (χ0n) is 16.0. The molecule has 0 aliphatic carbocycles. The Bertz CT molecular complexity index is 800. The van der Waals surface area contributed by atoms with Gasteiger partial charge < -0.3 is 15.0 Å². The highest BCUT2D eigenvalue weighted by molar-refractivity contribution is 5.94. The van der Waals surface area contributed by atoms with Crippen LogP contribution in [0.25, 0.3) is 0 Å². The van der Waals surface area contributed by atoms with Crippen LogP contribution in [-0.4, -0.2) is 34.0 Å². The highest BCUT2D eigenvalue weighted by Gasteiger charge is 2.24. The van der Waals surface area contributed by atoms with E-state index in [4.69, 9.17) is 4.74 Å². The molecule has 0 radical (unpaired) electrons. The van der Waals surface area contributed by atoms with E-state index in [0.29, 0.717) is 31.6 Å². The van der Waals surface area contributed by atoms with Gasteiger partial charge in [0.1, 0.15) is 5.60 Å². The van der Waals surface area contributed by atoms with Crippen LogP contribution in [0.4, 0.5) is 4.79 Å². The Kier molecular flexibility index (Phi) is 5.44. The van der Waals surface area contributed by atoms with Gasteiger partial charge in [0, 0.05) is 24.8 Å². The molecule has 0 spiro atoms. The molecule has 0 bridgehead atoms. The van der Waals surface area contributed by atoms with Crippen molar-refractivity contribution in [1.29, 1.82) is 0 Å². The second kappa shape index (κ2) is 7.78. The summed E-state index contributed by atoms with van der Waals surface area (Å²) in [5.74, 6) is 0.00595. The van der Waals surface area contributed by atoms with E-state index in [-0.39, 0.29) is 5.91 Å². The first-order chi connectivity index (χ1) is 12.8. The van der Waals surface area contributed by atoms with Crippen LogP contribution in [0.3, 0.4) is 0 Å². The number of fused-ring (bicyclic) bond motifs is 1. The third kappa shape index (κ3) is 5.06. The first-order valence-corrected chi connectivity index (χ1v) is 9.10. The van der Waals surface area contributed by atoms with Gasteiger partial charge in [0.05, 0.1) is 12.2 Å². The Morgan fingerprint density at radius 3 is 2.56 bits per heavy atom. The van der Waals surface area contributed by atoms with E-state index in [1.165, 1.54) is 0 Å². The molecule has 2 amide bonds. The fourth-order valence-electron chi connectivity index (χ4n) is 2.96. The Hall–Kier alpha value is -2.89. The molecule has 0 unspecified atom stereocenters. The molecule has 0 atom stereocenters. The van der Waals surface area contributed by atoms with Crippen LogP contribution in [0.2, 0.25) is 0 Å². The Balaban J connectivity index is 1.50. The molecular formula is C21H25N3O3. The van der Waals surface area contributed by atoms with Gasteiger partial charge in [-0.3, -0.25) is 9.78 Å². The third-order valence-electron chi connectivity index (χ3n) is 4.26.